The Bertz CT molecular complexity index is 848. The molecule has 2 aromatic heterocycles. The molecule has 26 heavy (non-hydrogen) atoms. The number of anilines is 1. The van der Waals surface area contributed by atoms with E-state index < -0.39 is 0 Å². The zero-order valence-corrected chi connectivity index (χ0v) is 16.6. The van der Waals surface area contributed by atoms with Gasteiger partial charge in [0.1, 0.15) is 5.82 Å². The van der Waals surface area contributed by atoms with Crippen LogP contribution in [0.1, 0.15) is 30.7 Å². The predicted octanol–water partition coefficient (Wildman–Crippen LogP) is 3.59. The number of nitrogens with zero attached hydrogens (tertiary/aromatic N) is 1. The summed E-state index contributed by atoms with van der Waals surface area (Å²) in [4.78, 5) is 7.66. The number of aliphatic hydroxyl groups is 1. The van der Waals surface area contributed by atoms with Crippen molar-refractivity contribution in [1.29, 1.82) is 0 Å². The van der Waals surface area contributed by atoms with Crippen molar-refractivity contribution in [2.24, 2.45) is 0 Å². The van der Waals surface area contributed by atoms with E-state index in [2.05, 4.69) is 53.5 Å². The van der Waals surface area contributed by atoms with Crippen LogP contribution in [0.5, 0.6) is 0 Å². The lowest BCUT2D eigenvalue weighted by Crippen LogP contribution is -2.41. The minimum absolute atomic E-state index is 0. The summed E-state index contributed by atoms with van der Waals surface area (Å²) in [5, 5.41) is 14.2. The highest BCUT2D eigenvalue weighted by molar-refractivity contribution is 5.85. The highest BCUT2D eigenvalue weighted by atomic mass is 35.5. The second-order valence-electron chi connectivity index (χ2n) is 6.77. The van der Waals surface area contributed by atoms with Crippen LogP contribution in [-0.2, 0) is 19.6 Å². The Kier molecular flexibility index (Phi) is 7.90. The monoisotopic (exact) mass is 396 g/mol. The van der Waals surface area contributed by atoms with Gasteiger partial charge in [0, 0.05) is 34.7 Å². The Morgan fingerprint density at radius 2 is 1.85 bits per heavy atom. The maximum atomic E-state index is 9.45. The molecule has 0 aliphatic rings. The normalized spacial score (nSPS) is 11.0. The molecule has 0 unspecified atom stereocenters. The molecule has 2 heterocycles. The molecule has 0 bridgehead atoms. The van der Waals surface area contributed by atoms with Gasteiger partial charge in [-0.1, -0.05) is 24.3 Å². The van der Waals surface area contributed by atoms with Gasteiger partial charge >= 0.3 is 0 Å². The standard InChI is InChI=1S/C19H24N4O.2ClH/c1-19(2,9-14-10-21-16-6-4-3-5-15(14)16)22-11-17-13(12-24)7-8-18(20)23-17;;/h3-8,10,21-22,24H,9,11-12H2,1-2H3,(H2,20,23);2*1H. The maximum Gasteiger partial charge on any atom is 0.123 e. The van der Waals surface area contributed by atoms with Gasteiger partial charge in [-0.3, -0.25) is 0 Å². The van der Waals surface area contributed by atoms with Crippen molar-refractivity contribution in [3.05, 3.63) is 59.4 Å². The van der Waals surface area contributed by atoms with Crippen LogP contribution in [0.15, 0.2) is 42.6 Å². The first-order valence-corrected chi connectivity index (χ1v) is 8.14. The molecule has 0 saturated heterocycles. The lowest BCUT2D eigenvalue weighted by Gasteiger charge is -2.26. The van der Waals surface area contributed by atoms with Gasteiger partial charge in [-0.2, -0.15) is 0 Å². The molecule has 0 radical (unpaired) electrons. The first kappa shape index (κ1) is 22.3. The number of hydrogen-bond donors (Lipinski definition) is 4. The van der Waals surface area contributed by atoms with Crippen molar-refractivity contribution in [2.45, 2.75) is 39.0 Å². The molecule has 3 rings (SSSR count). The number of hydrogen-bond acceptors (Lipinski definition) is 4. The van der Waals surface area contributed by atoms with E-state index in [0.717, 1.165) is 23.2 Å². The largest absolute Gasteiger partial charge is 0.392 e. The van der Waals surface area contributed by atoms with Gasteiger partial charge in [0.25, 0.3) is 0 Å². The van der Waals surface area contributed by atoms with Gasteiger partial charge in [0.15, 0.2) is 0 Å². The number of nitrogens with one attached hydrogen (secondary N) is 2. The van der Waals surface area contributed by atoms with Crippen molar-refractivity contribution in [2.75, 3.05) is 5.73 Å². The van der Waals surface area contributed by atoms with E-state index >= 15 is 0 Å². The van der Waals surface area contributed by atoms with Gasteiger partial charge < -0.3 is 21.1 Å². The molecule has 1 aromatic carbocycles. The molecule has 0 fully saturated rings. The number of para-hydroxylation sites is 1. The average molecular weight is 397 g/mol. The van der Waals surface area contributed by atoms with Gasteiger partial charge in [-0.15, -0.1) is 24.8 Å². The van der Waals surface area contributed by atoms with Gasteiger partial charge in [-0.05, 0) is 38.0 Å². The van der Waals surface area contributed by atoms with Gasteiger partial charge in [0.2, 0.25) is 0 Å². The van der Waals surface area contributed by atoms with Crippen molar-refractivity contribution in [3.63, 3.8) is 0 Å². The zero-order chi connectivity index (χ0) is 17.2. The van der Waals surface area contributed by atoms with E-state index in [1.54, 1.807) is 6.07 Å². The first-order chi connectivity index (χ1) is 11.5. The van der Waals surface area contributed by atoms with Crippen LogP contribution in [0.3, 0.4) is 0 Å². The SMILES string of the molecule is CC(C)(Cc1c[nH]c2ccccc12)NCc1nc(N)ccc1CO.Cl.Cl. The Morgan fingerprint density at radius 3 is 2.58 bits per heavy atom. The van der Waals surface area contributed by atoms with Crippen LogP contribution < -0.4 is 11.1 Å². The minimum atomic E-state index is -0.121. The minimum Gasteiger partial charge on any atom is -0.392 e. The summed E-state index contributed by atoms with van der Waals surface area (Å²) in [5.74, 6) is 0.471. The van der Waals surface area contributed by atoms with Crippen LogP contribution in [0.4, 0.5) is 5.82 Å². The number of aromatic nitrogens is 2. The fraction of sp³-hybridized carbons (Fsp3) is 0.316. The third-order valence-corrected chi connectivity index (χ3v) is 4.30. The number of benzene rings is 1. The van der Waals surface area contributed by atoms with E-state index in [1.807, 2.05) is 12.1 Å². The third-order valence-electron chi connectivity index (χ3n) is 4.30. The molecule has 7 heteroatoms. The Hall–Kier alpha value is -1.79. The molecule has 0 spiro atoms. The fourth-order valence-electron chi connectivity index (χ4n) is 2.98. The fourth-order valence-corrected chi connectivity index (χ4v) is 2.98. The molecule has 0 saturated carbocycles. The van der Waals surface area contributed by atoms with E-state index in [4.69, 9.17) is 5.73 Å². The van der Waals surface area contributed by atoms with Crippen molar-refractivity contribution >= 4 is 41.5 Å². The van der Waals surface area contributed by atoms with Crippen molar-refractivity contribution in [1.82, 2.24) is 15.3 Å². The van der Waals surface area contributed by atoms with Crippen molar-refractivity contribution < 1.29 is 5.11 Å². The summed E-state index contributed by atoms with van der Waals surface area (Å²) in [7, 11) is 0. The van der Waals surface area contributed by atoms with E-state index in [1.165, 1.54) is 10.9 Å². The lowest BCUT2D eigenvalue weighted by atomic mass is 9.94. The molecule has 5 nitrogen and oxygen atoms in total. The smallest absolute Gasteiger partial charge is 0.123 e. The number of nitrogens with two attached hydrogens (primary N) is 1. The second-order valence-corrected chi connectivity index (χ2v) is 6.77. The third kappa shape index (κ3) is 5.11. The maximum absolute atomic E-state index is 9.45. The van der Waals surface area contributed by atoms with E-state index in [9.17, 15) is 5.11 Å². The quantitative estimate of drug-likeness (QED) is 0.512. The number of aliphatic hydroxyl groups excluding tert-OH is 1. The summed E-state index contributed by atoms with van der Waals surface area (Å²) in [6, 6.07) is 11.9. The molecular weight excluding hydrogens is 371 g/mol. The van der Waals surface area contributed by atoms with Crippen LogP contribution in [-0.4, -0.2) is 20.6 Å². The van der Waals surface area contributed by atoms with Crippen molar-refractivity contribution in [3.8, 4) is 0 Å². The molecule has 142 valence electrons. The molecular formula is C19H26Cl2N4O. The van der Waals surface area contributed by atoms with Crippen LogP contribution in [0.2, 0.25) is 0 Å². The number of nitrogen functional groups attached to an aromatic ring is 1. The van der Waals surface area contributed by atoms with E-state index in [0.29, 0.717) is 12.4 Å². The second kappa shape index (κ2) is 9.24. The number of aromatic amines is 1. The Labute approximate surface area is 166 Å². The average Bonchev–Trinajstić information content (AvgIpc) is 2.96. The molecule has 0 aliphatic heterocycles. The highest BCUT2D eigenvalue weighted by Crippen LogP contribution is 2.22. The summed E-state index contributed by atoms with van der Waals surface area (Å²) >= 11 is 0. The number of halogens is 2. The highest BCUT2D eigenvalue weighted by Gasteiger charge is 2.20. The summed E-state index contributed by atoms with van der Waals surface area (Å²) in [6.07, 6.45) is 2.96. The molecule has 3 aromatic rings. The Balaban J connectivity index is 0.00000169. The number of pyridine rings is 1. The summed E-state index contributed by atoms with van der Waals surface area (Å²) in [6.45, 7) is 4.86. The molecule has 0 atom stereocenters. The lowest BCUT2D eigenvalue weighted by molar-refractivity contribution is 0.278. The summed E-state index contributed by atoms with van der Waals surface area (Å²) in [5.41, 5.74) is 9.69. The molecule has 0 aliphatic carbocycles. The topological polar surface area (TPSA) is 87.0 Å². The van der Waals surface area contributed by atoms with Gasteiger partial charge in [-0.25, -0.2) is 4.98 Å². The van der Waals surface area contributed by atoms with Crippen LogP contribution in [0, 0.1) is 0 Å². The predicted molar refractivity (Wildman–Crippen MR) is 112 cm³/mol. The Morgan fingerprint density at radius 1 is 1.12 bits per heavy atom. The number of fused-ring (bicyclic) bond motifs is 1. The molecule has 5 N–H and O–H groups in total. The number of rotatable bonds is 6. The number of H-pyrrole nitrogens is 1. The first-order valence-electron chi connectivity index (χ1n) is 8.14. The van der Waals surface area contributed by atoms with Crippen LogP contribution in [0.25, 0.3) is 10.9 Å². The van der Waals surface area contributed by atoms with E-state index in [-0.39, 0.29) is 37.0 Å². The van der Waals surface area contributed by atoms with Crippen LogP contribution >= 0.6 is 24.8 Å². The molecule has 0 amide bonds. The zero-order valence-electron chi connectivity index (χ0n) is 15.0. The van der Waals surface area contributed by atoms with Gasteiger partial charge in [0.05, 0.1) is 12.3 Å². The summed E-state index contributed by atoms with van der Waals surface area (Å²) < 4.78 is 0.